The van der Waals surface area contributed by atoms with E-state index < -0.39 is 5.60 Å². The summed E-state index contributed by atoms with van der Waals surface area (Å²) in [6.07, 6.45) is -0.298. The minimum absolute atomic E-state index is 0.298. The number of aryl methyl sites for hydroxylation is 1. The number of hydrogen-bond acceptors (Lipinski definition) is 4. The molecule has 1 aromatic rings. The van der Waals surface area contributed by atoms with Gasteiger partial charge < -0.3 is 9.47 Å². The number of carbonyl (C=O) groups excluding carboxylic acids is 1. The number of pyridine rings is 1. The Hall–Kier alpha value is -1.78. The van der Waals surface area contributed by atoms with E-state index in [1.165, 1.54) is 0 Å². The van der Waals surface area contributed by atoms with Crippen molar-refractivity contribution in [2.24, 2.45) is 0 Å². The van der Waals surface area contributed by atoms with E-state index in [0.29, 0.717) is 19.0 Å². The van der Waals surface area contributed by atoms with Crippen LogP contribution in [0.2, 0.25) is 0 Å². The van der Waals surface area contributed by atoms with Crippen LogP contribution in [0.4, 0.5) is 4.79 Å². The van der Waals surface area contributed by atoms with Crippen LogP contribution in [0.25, 0.3) is 0 Å². The first kappa shape index (κ1) is 14.6. The molecule has 0 fully saturated rings. The Morgan fingerprint density at radius 3 is 2.35 bits per heavy atom. The molecule has 2 rings (SSSR count). The predicted octanol–water partition coefficient (Wildman–Crippen LogP) is 2.96. The van der Waals surface area contributed by atoms with Gasteiger partial charge in [0.15, 0.2) is 0 Å². The average Bonchev–Trinajstić information content (AvgIpc) is 2.77. The number of amides is 1. The summed E-state index contributed by atoms with van der Waals surface area (Å²) in [4.78, 5) is 18.3. The molecule has 0 atom stereocenters. The van der Waals surface area contributed by atoms with E-state index in [1.807, 2.05) is 34.6 Å². The minimum Gasteiger partial charge on any atom is -0.481 e. The van der Waals surface area contributed by atoms with E-state index >= 15 is 0 Å². The zero-order chi connectivity index (χ0) is 15.1. The summed E-state index contributed by atoms with van der Waals surface area (Å²) in [5.41, 5.74) is 3.68. The Morgan fingerprint density at radius 1 is 1.20 bits per heavy atom. The summed E-state index contributed by atoms with van der Waals surface area (Å²) in [7, 11) is 1.60. The molecule has 0 unspecified atom stereocenters. The van der Waals surface area contributed by atoms with Gasteiger partial charge >= 0.3 is 6.09 Å². The van der Waals surface area contributed by atoms with Crippen molar-refractivity contribution in [2.45, 2.75) is 53.3 Å². The normalized spacial score (nSPS) is 14.2. The van der Waals surface area contributed by atoms with Crippen molar-refractivity contribution >= 4 is 6.09 Å². The van der Waals surface area contributed by atoms with Gasteiger partial charge in [0.2, 0.25) is 5.88 Å². The lowest BCUT2D eigenvalue weighted by molar-refractivity contribution is 0.0241. The third kappa shape index (κ3) is 2.71. The van der Waals surface area contributed by atoms with Gasteiger partial charge in [0.1, 0.15) is 5.60 Å². The molecule has 1 aromatic heterocycles. The first-order chi connectivity index (χ1) is 9.23. The van der Waals surface area contributed by atoms with E-state index in [4.69, 9.17) is 9.47 Å². The van der Waals surface area contributed by atoms with Crippen molar-refractivity contribution < 1.29 is 14.3 Å². The largest absolute Gasteiger partial charge is 0.481 e. The summed E-state index contributed by atoms with van der Waals surface area (Å²) < 4.78 is 10.8. The number of aromatic nitrogens is 1. The summed E-state index contributed by atoms with van der Waals surface area (Å²) in [5.74, 6) is 0.606. The second-order valence-electron chi connectivity index (χ2n) is 6.13. The van der Waals surface area contributed by atoms with Crippen LogP contribution >= 0.6 is 0 Å². The van der Waals surface area contributed by atoms with Crippen LogP contribution in [0.1, 0.15) is 43.2 Å². The standard InChI is InChI=1S/C15H22N2O3/c1-9-10(2)16-13(19-6)12-8-17(7-11(9)12)14(18)20-15(3,4)5/h7-8H2,1-6H3. The second-order valence-corrected chi connectivity index (χ2v) is 6.13. The fourth-order valence-electron chi connectivity index (χ4n) is 2.32. The molecule has 1 aliphatic heterocycles. The first-order valence-corrected chi connectivity index (χ1v) is 6.74. The van der Waals surface area contributed by atoms with Crippen molar-refractivity contribution in [2.75, 3.05) is 7.11 Å². The molecule has 1 amide bonds. The van der Waals surface area contributed by atoms with Crippen molar-refractivity contribution in [3.63, 3.8) is 0 Å². The van der Waals surface area contributed by atoms with Crippen LogP contribution in [0, 0.1) is 13.8 Å². The van der Waals surface area contributed by atoms with Gasteiger partial charge in [-0.1, -0.05) is 0 Å². The molecule has 0 saturated carbocycles. The van der Waals surface area contributed by atoms with Crippen molar-refractivity contribution in [3.8, 4) is 5.88 Å². The van der Waals surface area contributed by atoms with Gasteiger partial charge in [0.25, 0.3) is 0 Å². The predicted molar refractivity (Wildman–Crippen MR) is 75.7 cm³/mol. The maximum Gasteiger partial charge on any atom is 0.410 e. The molecule has 0 radical (unpaired) electrons. The molecule has 0 saturated heterocycles. The van der Waals surface area contributed by atoms with Crippen LogP contribution in [-0.2, 0) is 17.8 Å². The molecule has 20 heavy (non-hydrogen) atoms. The molecule has 0 N–H and O–H groups in total. The highest BCUT2D eigenvalue weighted by atomic mass is 16.6. The van der Waals surface area contributed by atoms with Gasteiger partial charge in [-0.3, -0.25) is 4.90 Å². The maximum atomic E-state index is 12.2. The van der Waals surface area contributed by atoms with Gasteiger partial charge in [-0.2, -0.15) is 0 Å². The number of rotatable bonds is 1. The Labute approximate surface area is 119 Å². The smallest absolute Gasteiger partial charge is 0.410 e. The molecular formula is C15H22N2O3. The number of nitrogens with zero attached hydrogens (tertiary/aromatic N) is 2. The van der Waals surface area contributed by atoms with Gasteiger partial charge in [-0.15, -0.1) is 0 Å². The van der Waals surface area contributed by atoms with Crippen molar-refractivity contribution in [1.82, 2.24) is 9.88 Å². The Balaban J connectivity index is 2.27. The lowest BCUT2D eigenvalue weighted by Gasteiger charge is -2.24. The molecule has 0 aromatic carbocycles. The molecule has 0 spiro atoms. The fraction of sp³-hybridized carbons (Fsp3) is 0.600. The van der Waals surface area contributed by atoms with E-state index in [9.17, 15) is 4.79 Å². The average molecular weight is 278 g/mol. The summed E-state index contributed by atoms with van der Waals surface area (Å²) in [5, 5.41) is 0. The molecule has 2 heterocycles. The highest BCUT2D eigenvalue weighted by molar-refractivity contribution is 5.70. The second kappa shape index (κ2) is 4.96. The summed E-state index contributed by atoms with van der Waals surface area (Å²) in [6.45, 7) is 10.6. The van der Waals surface area contributed by atoms with Gasteiger partial charge in [-0.05, 0) is 45.7 Å². The third-order valence-electron chi connectivity index (χ3n) is 3.43. The number of fused-ring (bicyclic) bond motifs is 1. The SMILES string of the molecule is COc1nc(C)c(C)c2c1CN(C(=O)OC(C)(C)C)C2. The van der Waals surface area contributed by atoms with Crippen LogP contribution in [0.5, 0.6) is 5.88 Å². The van der Waals surface area contributed by atoms with E-state index in [-0.39, 0.29) is 6.09 Å². The molecule has 1 aliphatic rings. The Bertz CT molecular complexity index is 547. The highest BCUT2D eigenvalue weighted by Gasteiger charge is 2.31. The zero-order valence-electron chi connectivity index (χ0n) is 13.0. The monoisotopic (exact) mass is 278 g/mol. The van der Waals surface area contributed by atoms with Gasteiger partial charge in [-0.25, -0.2) is 9.78 Å². The lowest BCUT2D eigenvalue weighted by Crippen LogP contribution is -2.33. The number of methoxy groups -OCH3 is 1. The summed E-state index contributed by atoms with van der Waals surface area (Å²) in [6, 6.07) is 0. The molecule has 0 bridgehead atoms. The molecular weight excluding hydrogens is 256 g/mol. The van der Waals surface area contributed by atoms with Crippen LogP contribution in [-0.4, -0.2) is 28.7 Å². The Morgan fingerprint density at radius 2 is 1.80 bits per heavy atom. The van der Waals surface area contributed by atoms with E-state index in [1.54, 1.807) is 12.0 Å². The first-order valence-electron chi connectivity index (χ1n) is 6.74. The third-order valence-corrected chi connectivity index (χ3v) is 3.43. The summed E-state index contributed by atoms with van der Waals surface area (Å²) >= 11 is 0. The number of ether oxygens (including phenoxy) is 2. The lowest BCUT2D eigenvalue weighted by atomic mass is 10.1. The molecule has 5 heteroatoms. The Kier molecular flexibility index (Phi) is 3.63. The quantitative estimate of drug-likeness (QED) is 0.792. The van der Waals surface area contributed by atoms with Gasteiger partial charge in [0, 0.05) is 11.3 Å². The molecule has 5 nitrogen and oxygen atoms in total. The molecule has 110 valence electrons. The van der Waals surface area contributed by atoms with Crippen LogP contribution in [0.3, 0.4) is 0 Å². The maximum absolute atomic E-state index is 12.2. The fourth-order valence-corrected chi connectivity index (χ4v) is 2.32. The van der Waals surface area contributed by atoms with Crippen LogP contribution in [0.15, 0.2) is 0 Å². The zero-order valence-corrected chi connectivity index (χ0v) is 13.0. The van der Waals surface area contributed by atoms with Crippen molar-refractivity contribution in [1.29, 1.82) is 0 Å². The number of carbonyl (C=O) groups is 1. The van der Waals surface area contributed by atoms with E-state index in [2.05, 4.69) is 4.98 Å². The van der Waals surface area contributed by atoms with Gasteiger partial charge in [0.05, 0.1) is 20.2 Å². The van der Waals surface area contributed by atoms with E-state index in [0.717, 1.165) is 22.4 Å². The van der Waals surface area contributed by atoms with Crippen LogP contribution < -0.4 is 4.74 Å². The highest BCUT2D eigenvalue weighted by Crippen LogP contribution is 2.33. The van der Waals surface area contributed by atoms with Crippen molar-refractivity contribution in [3.05, 3.63) is 22.4 Å². The minimum atomic E-state index is -0.487. The topological polar surface area (TPSA) is 51.7 Å². The number of hydrogen-bond donors (Lipinski definition) is 0. The molecule has 0 aliphatic carbocycles.